The molecule has 0 unspecified atom stereocenters. The second-order valence-electron chi connectivity index (χ2n) is 8.61. The predicted molar refractivity (Wildman–Crippen MR) is 105 cm³/mol. The fourth-order valence-electron chi connectivity index (χ4n) is 2.86. The van der Waals surface area contributed by atoms with Gasteiger partial charge in [0.15, 0.2) is 5.58 Å². The molecule has 0 spiro atoms. The third-order valence-electron chi connectivity index (χ3n) is 4.46. The molecular formula is C23H25NO. The van der Waals surface area contributed by atoms with Crippen LogP contribution in [0.1, 0.15) is 58.2 Å². The van der Waals surface area contributed by atoms with Crippen molar-refractivity contribution in [3.05, 3.63) is 53.1 Å². The van der Waals surface area contributed by atoms with Gasteiger partial charge in [-0.25, -0.2) is 4.98 Å². The van der Waals surface area contributed by atoms with Gasteiger partial charge in [-0.15, -0.1) is 6.42 Å². The lowest BCUT2D eigenvalue weighted by molar-refractivity contribution is 0.552. The van der Waals surface area contributed by atoms with Crippen LogP contribution in [0.15, 0.2) is 40.8 Å². The number of nitrogens with zero attached hydrogens (tertiary/aromatic N) is 1. The maximum Gasteiger partial charge on any atom is 0.227 e. The summed E-state index contributed by atoms with van der Waals surface area (Å²) in [7, 11) is 0. The Bertz CT molecular complexity index is 955. The molecule has 2 aromatic carbocycles. The van der Waals surface area contributed by atoms with Gasteiger partial charge < -0.3 is 4.42 Å². The number of oxazole rings is 1. The number of aromatic nitrogens is 1. The SMILES string of the molecule is C#Cc1ccc(-c2nc3cc(C(C)(C)C)cc(C(C)(C)C)c3o2)cc1. The molecule has 1 aromatic heterocycles. The fourth-order valence-corrected chi connectivity index (χ4v) is 2.86. The lowest BCUT2D eigenvalue weighted by Crippen LogP contribution is -2.16. The monoisotopic (exact) mass is 331 g/mol. The number of benzene rings is 2. The van der Waals surface area contributed by atoms with E-state index in [4.69, 9.17) is 15.8 Å². The van der Waals surface area contributed by atoms with E-state index in [1.807, 2.05) is 24.3 Å². The molecule has 0 radical (unpaired) electrons. The van der Waals surface area contributed by atoms with Gasteiger partial charge in [0.1, 0.15) is 5.52 Å². The molecule has 0 saturated carbocycles. The molecule has 2 nitrogen and oxygen atoms in total. The smallest absolute Gasteiger partial charge is 0.227 e. The molecule has 0 amide bonds. The zero-order chi connectivity index (χ0) is 18.4. The molecule has 3 aromatic rings. The van der Waals surface area contributed by atoms with Gasteiger partial charge in [-0.3, -0.25) is 0 Å². The van der Waals surface area contributed by atoms with Gasteiger partial charge in [0.2, 0.25) is 5.89 Å². The van der Waals surface area contributed by atoms with Gasteiger partial charge >= 0.3 is 0 Å². The van der Waals surface area contributed by atoms with Gasteiger partial charge in [-0.05, 0) is 46.7 Å². The minimum Gasteiger partial charge on any atom is -0.436 e. The van der Waals surface area contributed by atoms with E-state index in [9.17, 15) is 0 Å². The highest BCUT2D eigenvalue weighted by molar-refractivity contribution is 5.81. The van der Waals surface area contributed by atoms with Crippen molar-refractivity contribution in [2.24, 2.45) is 0 Å². The average Bonchev–Trinajstić information content (AvgIpc) is 2.96. The van der Waals surface area contributed by atoms with Crippen LogP contribution in [0.4, 0.5) is 0 Å². The Morgan fingerprint density at radius 3 is 2.08 bits per heavy atom. The third kappa shape index (κ3) is 3.33. The van der Waals surface area contributed by atoms with Crippen LogP contribution in [-0.4, -0.2) is 4.98 Å². The molecule has 25 heavy (non-hydrogen) atoms. The normalized spacial score (nSPS) is 12.4. The van der Waals surface area contributed by atoms with Crippen molar-refractivity contribution in [1.29, 1.82) is 0 Å². The van der Waals surface area contributed by atoms with E-state index in [0.29, 0.717) is 5.89 Å². The van der Waals surface area contributed by atoms with Crippen LogP contribution in [-0.2, 0) is 10.8 Å². The van der Waals surface area contributed by atoms with E-state index in [1.54, 1.807) is 0 Å². The molecule has 0 N–H and O–H groups in total. The van der Waals surface area contributed by atoms with Crippen molar-refractivity contribution < 1.29 is 4.42 Å². The third-order valence-corrected chi connectivity index (χ3v) is 4.46. The largest absolute Gasteiger partial charge is 0.436 e. The van der Waals surface area contributed by atoms with E-state index >= 15 is 0 Å². The summed E-state index contributed by atoms with van der Waals surface area (Å²) in [4.78, 5) is 4.77. The Morgan fingerprint density at radius 2 is 1.56 bits per heavy atom. The van der Waals surface area contributed by atoms with E-state index in [0.717, 1.165) is 22.2 Å². The molecule has 0 fully saturated rings. The topological polar surface area (TPSA) is 26.0 Å². The van der Waals surface area contributed by atoms with E-state index in [1.165, 1.54) is 11.1 Å². The molecular weight excluding hydrogens is 306 g/mol. The predicted octanol–water partition coefficient (Wildman–Crippen LogP) is 6.07. The molecule has 0 aliphatic carbocycles. The van der Waals surface area contributed by atoms with Gasteiger partial charge in [0, 0.05) is 16.7 Å². The highest BCUT2D eigenvalue weighted by atomic mass is 16.3. The van der Waals surface area contributed by atoms with Crippen LogP contribution in [0.2, 0.25) is 0 Å². The number of fused-ring (bicyclic) bond motifs is 1. The summed E-state index contributed by atoms with van der Waals surface area (Å²) in [6.45, 7) is 13.3. The number of hydrogen-bond donors (Lipinski definition) is 0. The lowest BCUT2D eigenvalue weighted by Gasteiger charge is -2.24. The first-order valence-electron chi connectivity index (χ1n) is 8.62. The summed E-state index contributed by atoms with van der Waals surface area (Å²) in [5.74, 6) is 3.27. The van der Waals surface area contributed by atoms with Crippen LogP contribution >= 0.6 is 0 Å². The van der Waals surface area contributed by atoms with Gasteiger partial charge in [-0.1, -0.05) is 53.5 Å². The van der Waals surface area contributed by atoms with Gasteiger partial charge in [-0.2, -0.15) is 0 Å². The molecule has 2 heteroatoms. The Labute approximate surface area is 150 Å². The first-order chi connectivity index (χ1) is 11.6. The van der Waals surface area contributed by atoms with Crippen LogP contribution < -0.4 is 0 Å². The molecule has 0 aliphatic rings. The molecule has 0 aliphatic heterocycles. The van der Waals surface area contributed by atoms with Crippen molar-refractivity contribution in [3.63, 3.8) is 0 Å². The summed E-state index contributed by atoms with van der Waals surface area (Å²) >= 11 is 0. The first kappa shape index (κ1) is 17.3. The summed E-state index contributed by atoms with van der Waals surface area (Å²) in [5.41, 5.74) is 6.06. The van der Waals surface area contributed by atoms with Crippen molar-refractivity contribution in [2.45, 2.75) is 52.4 Å². The fraction of sp³-hybridized carbons (Fsp3) is 0.348. The van der Waals surface area contributed by atoms with Gasteiger partial charge in [0.25, 0.3) is 0 Å². The highest BCUT2D eigenvalue weighted by Gasteiger charge is 2.25. The Morgan fingerprint density at radius 1 is 0.920 bits per heavy atom. The second kappa shape index (κ2) is 5.77. The Kier molecular flexibility index (Phi) is 4.00. The van der Waals surface area contributed by atoms with Crippen molar-refractivity contribution in [3.8, 4) is 23.8 Å². The number of terminal acetylenes is 1. The molecule has 128 valence electrons. The molecule has 1 heterocycles. The Hall–Kier alpha value is -2.53. The molecule has 0 bridgehead atoms. The maximum atomic E-state index is 6.19. The second-order valence-corrected chi connectivity index (χ2v) is 8.61. The minimum atomic E-state index is -0.0242. The zero-order valence-corrected chi connectivity index (χ0v) is 15.9. The van der Waals surface area contributed by atoms with Crippen LogP contribution in [0.25, 0.3) is 22.6 Å². The summed E-state index contributed by atoms with van der Waals surface area (Å²) in [6, 6.07) is 12.2. The number of rotatable bonds is 1. The van der Waals surface area contributed by atoms with Crippen LogP contribution in [0, 0.1) is 12.3 Å². The zero-order valence-electron chi connectivity index (χ0n) is 15.9. The van der Waals surface area contributed by atoms with Gasteiger partial charge in [0.05, 0.1) is 0 Å². The number of hydrogen-bond acceptors (Lipinski definition) is 2. The average molecular weight is 331 g/mol. The quantitative estimate of drug-likeness (QED) is 0.506. The van der Waals surface area contributed by atoms with Crippen LogP contribution in [0.3, 0.4) is 0 Å². The molecule has 0 saturated heterocycles. The summed E-state index contributed by atoms with van der Waals surface area (Å²) in [5, 5.41) is 0. The first-order valence-corrected chi connectivity index (χ1v) is 8.62. The Balaban J connectivity index is 2.23. The van der Waals surface area contributed by atoms with E-state index in [-0.39, 0.29) is 10.8 Å². The van der Waals surface area contributed by atoms with Crippen molar-refractivity contribution in [1.82, 2.24) is 4.98 Å². The highest BCUT2D eigenvalue weighted by Crippen LogP contribution is 2.37. The van der Waals surface area contributed by atoms with Crippen molar-refractivity contribution in [2.75, 3.05) is 0 Å². The minimum absolute atomic E-state index is 0.0242. The lowest BCUT2D eigenvalue weighted by atomic mass is 9.80. The van der Waals surface area contributed by atoms with Crippen molar-refractivity contribution >= 4 is 11.1 Å². The standard InChI is InChI=1S/C23H25NO/c1-8-15-9-11-16(12-10-15)21-24-19-14-17(22(2,3)4)13-18(20(19)25-21)23(5,6)7/h1,9-14H,2-7H3. The maximum absolute atomic E-state index is 6.19. The van der Waals surface area contributed by atoms with Crippen LogP contribution in [0.5, 0.6) is 0 Å². The summed E-state index contributed by atoms with van der Waals surface area (Å²) < 4.78 is 6.19. The molecule has 0 atom stereocenters. The molecule has 3 rings (SSSR count). The van der Waals surface area contributed by atoms with E-state index in [2.05, 4.69) is 59.6 Å². The summed E-state index contributed by atoms with van der Waals surface area (Å²) in [6.07, 6.45) is 5.44. The van der Waals surface area contributed by atoms with E-state index < -0.39 is 0 Å².